The maximum absolute atomic E-state index is 13.3. The molecule has 1 aromatic carbocycles. The van der Waals surface area contributed by atoms with E-state index < -0.39 is 17.5 Å². The zero-order valence-electron chi connectivity index (χ0n) is 9.48. The van der Waals surface area contributed by atoms with Crippen LogP contribution in [0.5, 0.6) is 0 Å². The van der Waals surface area contributed by atoms with Crippen LogP contribution in [0.15, 0.2) is 23.4 Å². The Labute approximate surface area is 110 Å². The van der Waals surface area contributed by atoms with Crippen molar-refractivity contribution < 1.29 is 13.6 Å². The van der Waals surface area contributed by atoms with Crippen molar-refractivity contribution in [2.45, 2.75) is 5.16 Å². The monoisotopic (exact) mass is 285 g/mol. The van der Waals surface area contributed by atoms with E-state index in [1.165, 1.54) is 0 Å². The highest BCUT2D eigenvalue weighted by atomic mass is 32.2. The Kier molecular flexibility index (Phi) is 3.95. The molecule has 4 N–H and O–H groups in total. The van der Waals surface area contributed by atoms with Crippen molar-refractivity contribution >= 4 is 29.3 Å². The highest BCUT2D eigenvalue weighted by Gasteiger charge is 2.10. The molecule has 6 nitrogen and oxygen atoms in total. The molecule has 0 aliphatic rings. The molecule has 1 amide bonds. The molecule has 2 rings (SSSR count). The Morgan fingerprint density at radius 1 is 1.47 bits per heavy atom. The van der Waals surface area contributed by atoms with Crippen LogP contribution in [0.2, 0.25) is 0 Å². The molecule has 0 spiro atoms. The summed E-state index contributed by atoms with van der Waals surface area (Å²) in [6.45, 7) is 0. The van der Waals surface area contributed by atoms with Gasteiger partial charge in [-0.3, -0.25) is 4.79 Å². The highest BCUT2D eigenvalue weighted by molar-refractivity contribution is 7.99. The molecule has 0 saturated heterocycles. The number of hydrogen-bond donors (Lipinski definition) is 3. The number of halogens is 2. The number of rotatable bonds is 4. The Morgan fingerprint density at radius 3 is 2.89 bits per heavy atom. The van der Waals surface area contributed by atoms with Crippen molar-refractivity contribution in [3.63, 3.8) is 0 Å². The summed E-state index contributed by atoms with van der Waals surface area (Å²) in [4.78, 5) is 15.3. The summed E-state index contributed by atoms with van der Waals surface area (Å²) in [5, 5.41) is 8.77. The number of aromatic nitrogens is 3. The molecule has 0 bridgehead atoms. The van der Waals surface area contributed by atoms with Gasteiger partial charge in [-0.15, -0.1) is 5.10 Å². The second-order valence-electron chi connectivity index (χ2n) is 3.46. The maximum atomic E-state index is 13.3. The zero-order chi connectivity index (χ0) is 13.8. The number of thioether (sulfide) groups is 1. The summed E-state index contributed by atoms with van der Waals surface area (Å²) in [6.07, 6.45) is 0. The van der Waals surface area contributed by atoms with Gasteiger partial charge in [0.25, 0.3) is 0 Å². The minimum Gasteiger partial charge on any atom is -0.368 e. The molecule has 0 unspecified atom stereocenters. The first-order valence-electron chi connectivity index (χ1n) is 5.10. The van der Waals surface area contributed by atoms with Gasteiger partial charge in [0, 0.05) is 6.07 Å². The summed E-state index contributed by atoms with van der Waals surface area (Å²) in [7, 11) is 0. The van der Waals surface area contributed by atoms with Crippen molar-refractivity contribution in [1.29, 1.82) is 0 Å². The minimum absolute atomic E-state index is 0.0197. The third-order valence-electron chi connectivity index (χ3n) is 2.02. The number of nitrogen functional groups attached to an aromatic ring is 1. The second-order valence-corrected chi connectivity index (χ2v) is 4.41. The van der Waals surface area contributed by atoms with Crippen LogP contribution in [0.4, 0.5) is 20.4 Å². The van der Waals surface area contributed by atoms with E-state index in [1.807, 2.05) is 0 Å². The quantitative estimate of drug-likeness (QED) is 0.738. The Morgan fingerprint density at radius 2 is 2.26 bits per heavy atom. The Balaban J connectivity index is 1.90. The summed E-state index contributed by atoms with van der Waals surface area (Å²) in [5.74, 6) is -1.87. The molecule has 1 aromatic heterocycles. The number of nitrogens with two attached hydrogens (primary N) is 1. The number of carbonyl (C=O) groups excluding carboxylic acids is 1. The van der Waals surface area contributed by atoms with Gasteiger partial charge < -0.3 is 11.1 Å². The Bertz CT molecular complexity index is 603. The maximum Gasteiger partial charge on any atom is 0.234 e. The lowest BCUT2D eigenvalue weighted by molar-refractivity contribution is -0.113. The van der Waals surface area contributed by atoms with E-state index in [0.717, 1.165) is 23.9 Å². The first kappa shape index (κ1) is 13.3. The van der Waals surface area contributed by atoms with Gasteiger partial charge in [-0.05, 0) is 12.1 Å². The fourth-order valence-corrected chi connectivity index (χ4v) is 1.84. The topological polar surface area (TPSA) is 96.7 Å². The van der Waals surface area contributed by atoms with Crippen LogP contribution in [0.1, 0.15) is 0 Å². The predicted octanol–water partition coefficient (Wildman–Crippen LogP) is 1.40. The molecule has 1 heterocycles. The van der Waals surface area contributed by atoms with Crippen LogP contribution in [0.3, 0.4) is 0 Å². The second kappa shape index (κ2) is 5.65. The predicted molar refractivity (Wildman–Crippen MR) is 66.5 cm³/mol. The van der Waals surface area contributed by atoms with Gasteiger partial charge in [0.1, 0.15) is 11.6 Å². The number of carbonyl (C=O) groups is 1. The smallest absolute Gasteiger partial charge is 0.234 e. The van der Waals surface area contributed by atoms with Crippen molar-refractivity contribution in [1.82, 2.24) is 15.2 Å². The number of benzene rings is 1. The number of anilines is 2. The summed E-state index contributed by atoms with van der Waals surface area (Å²) >= 11 is 1.04. The van der Waals surface area contributed by atoms with Crippen LogP contribution in [-0.2, 0) is 4.79 Å². The van der Waals surface area contributed by atoms with Gasteiger partial charge in [0.2, 0.25) is 17.0 Å². The van der Waals surface area contributed by atoms with Gasteiger partial charge in [-0.1, -0.05) is 11.8 Å². The van der Waals surface area contributed by atoms with E-state index >= 15 is 0 Å². The minimum atomic E-state index is -0.833. The molecule has 0 aliphatic carbocycles. The van der Waals surface area contributed by atoms with Crippen LogP contribution in [0.25, 0.3) is 0 Å². The SMILES string of the molecule is Nc1nc(SCC(=O)Nc2ccc(F)cc2F)n[nH]1. The van der Waals surface area contributed by atoms with Gasteiger partial charge in [-0.2, -0.15) is 4.98 Å². The zero-order valence-corrected chi connectivity index (χ0v) is 10.3. The molecule has 9 heteroatoms. The molecule has 0 saturated carbocycles. The highest BCUT2D eigenvalue weighted by Crippen LogP contribution is 2.17. The fourth-order valence-electron chi connectivity index (χ4n) is 1.23. The summed E-state index contributed by atoms with van der Waals surface area (Å²) < 4.78 is 25.9. The number of amides is 1. The number of nitrogens with one attached hydrogen (secondary N) is 2. The largest absolute Gasteiger partial charge is 0.368 e. The number of aromatic amines is 1. The molecule has 0 fully saturated rings. The lowest BCUT2D eigenvalue weighted by Gasteiger charge is -2.05. The van der Waals surface area contributed by atoms with Gasteiger partial charge in [0.05, 0.1) is 11.4 Å². The van der Waals surface area contributed by atoms with Gasteiger partial charge in [-0.25, -0.2) is 13.9 Å². The first-order valence-corrected chi connectivity index (χ1v) is 6.09. The molecule has 100 valence electrons. The molecular weight excluding hydrogens is 276 g/mol. The van der Waals surface area contributed by atoms with E-state index in [2.05, 4.69) is 20.5 Å². The van der Waals surface area contributed by atoms with Crippen molar-refractivity contribution in [3.8, 4) is 0 Å². The van der Waals surface area contributed by atoms with Crippen LogP contribution < -0.4 is 11.1 Å². The molecule has 2 aromatic rings. The van der Waals surface area contributed by atoms with Crippen LogP contribution in [0, 0.1) is 11.6 Å². The van der Waals surface area contributed by atoms with E-state index in [1.54, 1.807) is 0 Å². The normalized spacial score (nSPS) is 10.4. The lowest BCUT2D eigenvalue weighted by atomic mass is 10.3. The van der Waals surface area contributed by atoms with Crippen LogP contribution >= 0.6 is 11.8 Å². The summed E-state index contributed by atoms with van der Waals surface area (Å²) in [5.41, 5.74) is 5.23. The van der Waals surface area contributed by atoms with Crippen molar-refractivity contribution in [2.75, 3.05) is 16.8 Å². The van der Waals surface area contributed by atoms with Crippen molar-refractivity contribution in [3.05, 3.63) is 29.8 Å². The molecule has 0 radical (unpaired) electrons. The van der Waals surface area contributed by atoms with E-state index in [9.17, 15) is 13.6 Å². The number of H-pyrrole nitrogens is 1. The van der Waals surface area contributed by atoms with Gasteiger partial charge >= 0.3 is 0 Å². The third kappa shape index (κ3) is 3.65. The average Bonchev–Trinajstić information content (AvgIpc) is 2.76. The molecule has 0 aliphatic heterocycles. The number of nitrogens with zero attached hydrogens (tertiary/aromatic N) is 2. The first-order chi connectivity index (χ1) is 9.04. The standard InChI is InChI=1S/C10H9F2N5OS/c11-5-1-2-7(6(12)3-5)14-8(18)4-19-10-15-9(13)16-17-10/h1-3H,4H2,(H,14,18)(H3,13,15,16,17). The van der Waals surface area contributed by atoms with Crippen LogP contribution in [-0.4, -0.2) is 26.8 Å². The summed E-state index contributed by atoms with van der Waals surface area (Å²) in [6, 6.07) is 2.90. The van der Waals surface area contributed by atoms with E-state index in [-0.39, 0.29) is 17.4 Å². The molecule has 19 heavy (non-hydrogen) atoms. The van der Waals surface area contributed by atoms with E-state index in [4.69, 9.17) is 5.73 Å². The Hall–Kier alpha value is -2.16. The molecular formula is C10H9F2N5OS. The van der Waals surface area contributed by atoms with E-state index in [0.29, 0.717) is 11.2 Å². The third-order valence-corrected chi connectivity index (χ3v) is 2.87. The molecule has 0 atom stereocenters. The van der Waals surface area contributed by atoms with Gasteiger partial charge in [0.15, 0.2) is 0 Å². The average molecular weight is 285 g/mol. The van der Waals surface area contributed by atoms with Crippen molar-refractivity contribution in [2.24, 2.45) is 0 Å². The fraction of sp³-hybridized carbons (Fsp3) is 0.100. The number of hydrogen-bond acceptors (Lipinski definition) is 5. The lowest BCUT2D eigenvalue weighted by Crippen LogP contribution is -2.15.